The molecule has 1 saturated carbocycles. The van der Waals surface area contributed by atoms with Crippen molar-refractivity contribution in [3.05, 3.63) is 34.3 Å². The topological polar surface area (TPSA) is 12.0 Å². The van der Waals surface area contributed by atoms with Crippen molar-refractivity contribution in [1.82, 2.24) is 5.32 Å². The van der Waals surface area contributed by atoms with Gasteiger partial charge in [-0.25, -0.2) is 0 Å². The summed E-state index contributed by atoms with van der Waals surface area (Å²) in [6.07, 6.45) is 5.14. The van der Waals surface area contributed by atoms with E-state index in [0.29, 0.717) is 12.0 Å². The molecule has 0 aromatic heterocycles. The highest BCUT2D eigenvalue weighted by atomic mass is 35.5. The standard InChI is InChI=1S/C19H30ClN/c1-5-10-21-19(16-8-7-14(3)15(4)12-16)17-9-6-13(2)11-18(17)20/h6,9,11,14-16,19,21H,5,7-8,10,12H2,1-4H3. The molecule has 1 aromatic rings. The predicted molar refractivity (Wildman–Crippen MR) is 92.9 cm³/mol. The zero-order chi connectivity index (χ0) is 15.4. The molecule has 0 radical (unpaired) electrons. The first-order chi connectivity index (χ1) is 10.0. The molecule has 0 bridgehead atoms. The van der Waals surface area contributed by atoms with E-state index in [0.717, 1.165) is 23.4 Å². The molecule has 1 nitrogen and oxygen atoms in total. The lowest BCUT2D eigenvalue weighted by molar-refractivity contribution is 0.171. The maximum Gasteiger partial charge on any atom is 0.0456 e. The van der Waals surface area contributed by atoms with Gasteiger partial charge in [-0.2, -0.15) is 0 Å². The smallest absolute Gasteiger partial charge is 0.0456 e. The Morgan fingerprint density at radius 3 is 2.62 bits per heavy atom. The Labute approximate surface area is 135 Å². The molecule has 1 aliphatic carbocycles. The minimum atomic E-state index is 0.410. The van der Waals surface area contributed by atoms with Gasteiger partial charge in [-0.3, -0.25) is 0 Å². The summed E-state index contributed by atoms with van der Waals surface area (Å²) in [4.78, 5) is 0. The molecule has 0 heterocycles. The van der Waals surface area contributed by atoms with Crippen molar-refractivity contribution in [2.24, 2.45) is 17.8 Å². The number of hydrogen-bond acceptors (Lipinski definition) is 1. The third-order valence-electron chi connectivity index (χ3n) is 5.22. The number of benzene rings is 1. The van der Waals surface area contributed by atoms with Crippen LogP contribution in [-0.2, 0) is 0 Å². The molecule has 2 heteroatoms. The summed E-state index contributed by atoms with van der Waals surface area (Å²) >= 11 is 6.55. The average molecular weight is 308 g/mol. The molecule has 4 atom stereocenters. The second-order valence-corrected chi connectivity index (χ2v) is 7.39. The molecule has 1 aromatic carbocycles. The van der Waals surface area contributed by atoms with E-state index < -0.39 is 0 Å². The van der Waals surface area contributed by atoms with Gasteiger partial charge in [0.05, 0.1) is 0 Å². The first-order valence-corrected chi connectivity index (χ1v) is 8.90. The van der Waals surface area contributed by atoms with Crippen molar-refractivity contribution >= 4 is 11.6 Å². The van der Waals surface area contributed by atoms with Crippen molar-refractivity contribution in [1.29, 1.82) is 0 Å². The summed E-state index contributed by atoms with van der Waals surface area (Å²) in [5.74, 6) is 2.39. The summed E-state index contributed by atoms with van der Waals surface area (Å²) in [6, 6.07) is 6.93. The Kier molecular flexibility index (Phi) is 6.13. The Morgan fingerprint density at radius 1 is 1.24 bits per heavy atom. The lowest BCUT2D eigenvalue weighted by Gasteiger charge is -2.37. The normalized spacial score (nSPS) is 27.6. The first-order valence-electron chi connectivity index (χ1n) is 8.52. The van der Waals surface area contributed by atoms with Gasteiger partial charge in [0.15, 0.2) is 0 Å². The van der Waals surface area contributed by atoms with Crippen molar-refractivity contribution in [3.63, 3.8) is 0 Å². The fourth-order valence-corrected chi connectivity index (χ4v) is 3.96. The number of hydrogen-bond donors (Lipinski definition) is 1. The monoisotopic (exact) mass is 307 g/mol. The maximum absolute atomic E-state index is 6.55. The van der Waals surface area contributed by atoms with Crippen molar-refractivity contribution in [2.75, 3.05) is 6.54 Å². The first kappa shape index (κ1) is 16.8. The van der Waals surface area contributed by atoms with Gasteiger partial charge in [0.25, 0.3) is 0 Å². The van der Waals surface area contributed by atoms with Gasteiger partial charge in [0, 0.05) is 11.1 Å². The van der Waals surface area contributed by atoms with Crippen LogP contribution in [0.4, 0.5) is 0 Å². The third-order valence-corrected chi connectivity index (χ3v) is 5.54. The SMILES string of the molecule is CCCNC(c1ccc(C)cc1Cl)C1CCC(C)C(C)C1. The molecule has 0 spiro atoms. The number of aryl methyl sites for hydroxylation is 1. The van der Waals surface area contributed by atoms with Crippen LogP contribution in [0, 0.1) is 24.7 Å². The van der Waals surface area contributed by atoms with E-state index in [2.05, 4.69) is 51.2 Å². The molecule has 0 saturated heterocycles. The van der Waals surface area contributed by atoms with Gasteiger partial charge < -0.3 is 5.32 Å². The van der Waals surface area contributed by atoms with E-state index in [-0.39, 0.29) is 0 Å². The number of rotatable bonds is 5. The minimum Gasteiger partial charge on any atom is -0.310 e. The zero-order valence-corrected chi connectivity index (χ0v) is 14.7. The van der Waals surface area contributed by atoms with Crippen LogP contribution < -0.4 is 5.32 Å². The fourth-order valence-electron chi connectivity index (χ4n) is 3.61. The van der Waals surface area contributed by atoms with E-state index in [4.69, 9.17) is 11.6 Å². The summed E-state index contributed by atoms with van der Waals surface area (Å²) in [5.41, 5.74) is 2.53. The van der Waals surface area contributed by atoms with Crippen LogP contribution in [-0.4, -0.2) is 6.54 Å². The zero-order valence-electron chi connectivity index (χ0n) is 14.0. The highest BCUT2D eigenvalue weighted by molar-refractivity contribution is 6.31. The largest absolute Gasteiger partial charge is 0.310 e. The Morgan fingerprint density at radius 2 is 2.00 bits per heavy atom. The van der Waals surface area contributed by atoms with E-state index in [1.54, 1.807) is 0 Å². The number of halogens is 1. The minimum absolute atomic E-state index is 0.410. The van der Waals surface area contributed by atoms with E-state index in [9.17, 15) is 0 Å². The Balaban J connectivity index is 2.21. The Bertz CT molecular complexity index is 457. The molecule has 2 rings (SSSR count). The van der Waals surface area contributed by atoms with E-state index >= 15 is 0 Å². The predicted octanol–water partition coefficient (Wildman–Crippen LogP) is 5.76. The molecule has 118 valence electrons. The maximum atomic E-state index is 6.55. The molecule has 1 fully saturated rings. The van der Waals surface area contributed by atoms with Crippen LogP contribution in [0.3, 0.4) is 0 Å². The van der Waals surface area contributed by atoms with Gasteiger partial charge in [0.1, 0.15) is 0 Å². The summed E-state index contributed by atoms with van der Waals surface area (Å²) < 4.78 is 0. The van der Waals surface area contributed by atoms with Crippen molar-refractivity contribution < 1.29 is 0 Å². The highest BCUT2D eigenvalue weighted by Crippen LogP contribution is 2.41. The second-order valence-electron chi connectivity index (χ2n) is 6.98. The van der Waals surface area contributed by atoms with E-state index in [1.165, 1.54) is 36.8 Å². The van der Waals surface area contributed by atoms with Crippen molar-refractivity contribution in [3.8, 4) is 0 Å². The number of nitrogens with one attached hydrogen (secondary N) is 1. The molecule has 21 heavy (non-hydrogen) atoms. The van der Waals surface area contributed by atoms with Gasteiger partial charge in [0.2, 0.25) is 0 Å². The van der Waals surface area contributed by atoms with Crippen molar-refractivity contribution in [2.45, 2.75) is 59.4 Å². The lowest BCUT2D eigenvalue weighted by atomic mass is 9.72. The molecular formula is C19H30ClN. The third kappa shape index (κ3) is 4.23. The average Bonchev–Trinajstić information content (AvgIpc) is 2.44. The van der Waals surface area contributed by atoms with Crippen LogP contribution in [0.15, 0.2) is 18.2 Å². The summed E-state index contributed by atoms with van der Waals surface area (Å²) in [5, 5.41) is 4.69. The second kappa shape index (κ2) is 7.65. The molecule has 1 aliphatic rings. The Hall–Kier alpha value is -0.530. The molecule has 1 N–H and O–H groups in total. The highest BCUT2D eigenvalue weighted by Gasteiger charge is 2.31. The quantitative estimate of drug-likeness (QED) is 0.729. The fraction of sp³-hybridized carbons (Fsp3) is 0.684. The lowest BCUT2D eigenvalue weighted by Crippen LogP contribution is -2.34. The molecular weight excluding hydrogens is 278 g/mol. The van der Waals surface area contributed by atoms with Crippen LogP contribution in [0.2, 0.25) is 5.02 Å². The summed E-state index contributed by atoms with van der Waals surface area (Å²) in [6.45, 7) is 10.2. The summed E-state index contributed by atoms with van der Waals surface area (Å²) in [7, 11) is 0. The van der Waals surface area contributed by atoms with Gasteiger partial charge in [-0.05, 0) is 67.7 Å². The van der Waals surface area contributed by atoms with Gasteiger partial charge >= 0.3 is 0 Å². The van der Waals surface area contributed by atoms with Crippen LogP contribution in [0.25, 0.3) is 0 Å². The molecule has 0 aliphatic heterocycles. The van der Waals surface area contributed by atoms with Crippen LogP contribution in [0.5, 0.6) is 0 Å². The molecule has 4 unspecified atom stereocenters. The van der Waals surface area contributed by atoms with E-state index in [1.807, 2.05) is 0 Å². The van der Waals surface area contributed by atoms with Gasteiger partial charge in [-0.1, -0.05) is 50.9 Å². The van der Waals surface area contributed by atoms with Crippen LogP contribution in [0.1, 0.15) is 63.6 Å². The molecule has 0 amide bonds. The van der Waals surface area contributed by atoms with Gasteiger partial charge in [-0.15, -0.1) is 0 Å². The van der Waals surface area contributed by atoms with Crippen LogP contribution >= 0.6 is 11.6 Å².